The Kier molecular flexibility index (Phi) is 4.58. The van der Waals surface area contributed by atoms with Gasteiger partial charge in [0.25, 0.3) is 0 Å². The van der Waals surface area contributed by atoms with Gasteiger partial charge in [-0.3, -0.25) is 10.1 Å². The molecule has 0 aliphatic carbocycles. The van der Waals surface area contributed by atoms with Crippen molar-refractivity contribution in [2.24, 2.45) is 5.41 Å². The maximum absolute atomic E-state index is 12.2. The Bertz CT molecular complexity index is 431. The van der Waals surface area contributed by atoms with E-state index in [1.807, 2.05) is 17.8 Å². The predicted octanol–water partition coefficient (Wildman–Crippen LogP) is 2.91. The van der Waals surface area contributed by atoms with Crippen molar-refractivity contribution in [1.29, 1.82) is 0 Å². The molecule has 1 saturated heterocycles. The van der Waals surface area contributed by atoms with Crippen LogP contribution in [0.4, 0.5) is 0 Å². The van der Waals surface area contributed by atoms with Crippen molar-refractivity contribution in [1.82, 2.24) is 5.32 Å². The molecular weight excluding hydrogens is 278 g/mol. The Hall–Kier alpha value is -0.520. The van der Waals surface area contributed by atoms with Crippen LogP contribution in [0.5, 0.6) is 0 Å². The standard InChI is InChI=1S/C14H21NO2S2/c1-13(2)8-14(10-18-9-13,12(16)17-3)15-7-11-5-4-6-19-11/h4-6,15H,7-10H2,1-3H3. The number of hydrogen-bond donors (Lipinski definition) is 1. The maximum atomic E-state index is 12.2. The summed E-state index contributed by atoms with van der Waals surface area (Å²) >= 11 is 3.54. The van der Waals surface area contributed by atoms with Crippen molar-refractivity contribution in [3.63, 3.8) is 0 Å². The van der Waals surface area contributed by atoms with Gasteiger partial charge in [0.2, 0.25) is 0 Å². The van der Waals surface area contributed by atoms with E-state index in [9.17, 15) is 4.79 Å². The first kappa shape index (κ1) is 14.9. The first-order chi connectivity index (χ1) is 8.97. The van der Waals surface area contributed by atoms with Gasteiger partial charge in [0.15, 0.2) is 0 Å². The summed E-state index contributed by atoms with van der Waals surface area (Å²) in [5.74, 6) is 1.74. The number of rotatable bonds is 4. The van der Waals surface area contributed by atoms with Gasteiger partial charge in [-0.1, -0.05) is 19.9 Å². The first-order valence-electron chi connectivity index (χ1n) is 6.41. The maximum Gasteiger partial charge on any atom is 0.326 e. The van der Waals surface area contributed by atoms with Crippen molar-refractivity contribution < 1.29 is 9.53 Å². The number of ether oxygens (including phenoxy) is 1. The molecule has 0 spiro atoms. The number of thiophene rings is 1. The number of carbonyl (C=O) groups is 1. The second kappa shape index (κ2) is 5.85. The molecule has 1 aliphatic rings. The van der Waals surface area contributed by atoms with Crippen molar-refractivity contribution in [2.45, 2.75) is 32.4 Å². The highest BCUT2D eigenvalue weighted by Crippen LogP contribution is 2.40. The van der Waals surface area contributed by atoms with Gasteiger partial charge in [-0.2, -0.15) is 11.8 Å². The second-order valence-electron chi connectivity index (χ2n) is 5.84. The molecule has 2 heterocycles. The quantitative estimate of drug-likeness (QED) is 0.868. The van der Waals surface area contributed by atoms with Crippen LogP contribution in [0.15, 0.2) is 17.5 Å². The van der Waals surface area contributed by atoms with Crippen LogP contribution >= 0.6 is 23.1 Å². The lowest BCUT2D eigenvalue weighted by Gasteiger charge is -2.42. The monoisotopic (exact) mass is 299 g/mol. The highest BCUT2D eigenvalue weighted by molar-refractivity contribution is 7.99. The zero-order valence-corrected chi connectivity index (χ0v) is 13.3. The fourth-order valence-electron chi connectivity index (χ4n) is 2.60. The third kappa shape index (κ3) is 3.52. The fourth-order valence-corrected chi connectivity index (χ4v) is 4.67. The molecule has 1 fully saturated rings. The number of carbonyl (C=O) groups excluding carboxylic acids is 1. The molecule has 5 heteroatoms. The number of nitrogens with one attached hydrogen (secondary N) is 1. The molecule has 106 valence electrons. The topological polar surface area (TPSA) is 38.3 Å². The summed E-state index contributed by atoms with van der Waals surface area (Å²) in [6.07, 6.45) is 0.824. The minimum atomic E-state index is -0.550. The number of methoxy groups -OCH3 is 1. The van der Waals surface area contributed by atoms with Gasteiger partial charge in [0.05, 0.1) is 7.11 Å². The Balaban J connectivity index is 2.12. The molecule has 0 aromatic carbocycles. The van der Waals surface area contributed by atoms with Crippen LogP contribution in [0, 0.1) is 5.41 Å². The van der Waals surface area contributed by atoms with Gasteiger partial charge in [-0.05, 0) is 29.0 Å². The van der Waals surface area contributed by atoms with Crippen LogP contribution in [0.1, 0.15) is 25.1 Å². The number of hydrogen-bond acceptors (Lipinski definition) is 5. The zero-order chi connectivity index (χ0) is 13.9. The SMILES string of the molecule is COC(=O)C1(NCc2cccs2)CSCC(C)(C)C1. The zero-order valence-electron chi connectivity index (χ0n) is 11.7. The predicted molar refractivity (Wildman–Crippen MR) is 81.6 cm³/mol. The average molecular weight is 299 g/mol. The molecule has 1 aliphatic heterocycles. The van der Waals surface area contributed by atoms with Crippen molar-refractivity contribution >= 4 is 29.1 Å². The van der Waals surface area contributed by atoms with Crippen molar-refractivity contribution in [2.75, 3.05) is 18.6 Å². The average Bonchev–Trinajstić information content (AvgIpc) is 2.87. The fraction of sp³-hybridized carbons (Fsp3) is 0.643. The first-order valence-corrected chi connectivity index (χ1v) is 8.44. The van der Waals surface area contributed by atoms with E-state index in [0.717, 1.165) is 24.5 Å². The summed E-state index contributed by atoms with van der Waals surface area (Å²) in [7, 11) is 1.48. The molecule has 0 bridgehead atoms. The van der Waals surface area contributed by atoms with E-state index in [-0.39, 0.29) is 11.4 Å². The van der Waals surface area contributed by atoms with Gasteiger partial charge in [0.1, 0.15) is 5.54 Å². The molecule has 1 aromatic heterocycles. The summed E-state index contributed by atoms with van der Waals surface area (Å²) in [6, 6.07) is 4.12. The molecular formula is C14H21NO2S2. The molecule has 0 radical (unpaired) electrons. The largest absolute Gasteiger partial charge is 0.468 e. The van der Waals surface area contributed by atoms with Gasteiger partial charge in [0, 0.05) is 17.2 Å². The normalized spacial score (nSPS) is 26.1. The number of thioether (sulfide) groups is 1. The van der Waals surface area contributed by atoms with E-state index in [1.54, 1.807) is 11.3 Å². The summed E-state index contributed by atoms with van der Waals surface area (Å²) in [5.41, 5.74) is -0.398. The van der Waals surface area contributed by atoms with Crippen LogP contribution in [0.3, 0.4) is 0 Å². The van der Waals surface area contributed by atoms with Crippen LogP contribution in [-0.4, -0.2) is 30.1 Å². The molecule has 1 N–H and O–H groups in total. The highest BCUT2D eigenvalue weighted by atomic mass is 32.2. The minimum Gasteiger partial charge on any atom is -0.468 e. The molecule has 1 unspecified atom stereocenters. The summed E-state index contributed by atoms with van der Waals surface area (Å²) in [5, 5.41) is 5.52. The van der Waals surface area contributed by atoms with Gasteiger partial charge in [-0.15, -0.1) is 11.3 Å². The van der Waals surface area contributed by atoms with E-state index in [0.29, 0.717) is 0 Å². The molecule has 2 rings (SSSR count). The summed E-state index contributed by atoms with van der Waals surface area (Å²) in [6.45, 7) is 5.15. The third-order valence-corrected chi connectivity index (χ3v) is 5.94. The summed E-state index contributed by atoms with van der Waals surface area (Å²) in [4.78, 5) is 13.5. The minimum absolute atomic E-state index is 0.135. The van der Waals surface area contributed by atoms with Crippen LogP contribution in [-0.2, 0) is 16.1 Å². The van der Waals surface area contributed by atoms with Gasteiger partial charge >= 0.3 is 5.97 Å². The Labute approximate surface area is 123 Å². The highest BCUT2D eigenvalue weighted by Gasteiger charge is 2.46. The van der Waals surface area contributed by atoms with E-state index < -0.39 is 5.54 Å². The van der Waals surface area contributed by atoms with Gasteiger partial charge < -0.3 is 4.74 Å². The van der Waals surface area contributed by atoms with Crippen molar-refractivity contribution in [3.05, 3.63) is 22.4 Å². The lowest BCUT2D eigenvalue weighted by Crippen LogP contribution is -2.59. The number of esters is 1. The lowest BCUT2D eigenvalue weighted by molar-refractivity contribution is -0.149. The third-order valence-electron chi connectivity index (χ3n) is 3.38. The smallest absolute Gasteiger partial charge is 0.326 e. The van der Waals surface area contributed by atoms with E-state index in [2.05, 4.69) is 30.6 Å². The van der Waals surface area contributed by atoms with Crippen LogP contribution in [0.25, 0.3) is 0 Å². The lowest BCUT2D eigenvalue weighted by atomic mass is 9.79. The molecule has 1 aromatic rings. The van der Waals surface area contributed by atoms with Crippen LogP contribution in [0.2, 0.25) is 0 Å². The Morgan fingerprint density at radius 3 is 2.84 bits per heavy atom. The second-order valence-corrected chi connectivity index (χ2v) is 7.86. The van der Waals surface area contributed by atoms with Crippen molar-refractivity contribution in [3.8, 4) is 0 Å². The Morgan fingerprint density at radius 2 is 2.26 bits per heavy atom. The Morgan fingerprint density at radius 1 is 1.47 bits per heavy atom. The van der Waals surface area contributed by atoms with Crippen LogP contribution < -0.4 is 5.32 Å². The molecule has 0 amide bonds. The van der Waals surface area contributed by atoms with E-state index in [4.69, 9.17) is 4.74 Å². The summed E-state index contributed by atoms with van der Waals surface area (Å²) < 4.78 is 5.04. The molecule has 19 heavy (non-hydrogen) atoms. The van der Waals surface area contributed by atoms with E-state index in [1.165, 1.54) is 12.0 Å². The van der Waals surface area contributed by atoms with Gasteiger partial charge in [-0.25, -0.2) is 0 Å². The molecule has 3 nitrogen and oxygen atoms in total. The van der Waals surface area contributed by atoms with E-state index >= 15 is 0 Å². The molecule has 1 atom stereocenters. The molecule has 0 saturated carbocycles.